The van der Waals surface area contributed by atoms with E-state index in [4.69, 9.17) is 4.74 Å². The highest BCUT2D eigenvalue weighted by Crippen LogP contribution is 2.24. The topological polar surface area (TPSA) is 81.5 Å². The lowest BCUT2D eigenvalue weighted by molar-refractivity contribution is -0.384. The third-order valence-electron chi connectivity index (χ3n) is 2.08. The maximum Gasteiger partial charge on any atom is 0.270 e. The van der Waals surface area contributed by atoms with E-state index in [1.807, 2.05) is 0 Å². The zero-order valence-electron chi connectivity index (χ0n) is 9.47. The molecular weight excluding hydrogens is 224 g/mol. The highest BCUT2D eigenvalue weighted by Gasteiger charge is 2.09. The second-order valence-electron chi connectivity index (χ2n) is 3.13. The number of carbonyl (C=O) groups is 1. The number of hydrogen-bond acceptors (Lipinski definition) is 4. The van der Waals surface area contributed by atoms with E-state index in [0.717, 1.165) is 0 Å². The van der Waals surface area contributed by atoms with Crippen molar-refractivity contribution in [3.63, 3.8) is 0 Å². The molecule has 0 spiro atoms. The summed E-state index contributed by atoms with van der Waals surface area (Å²) in [5, 5.41) is 13.0. The Bertz CT molecular complexity index is 469. The molecule has 1 aromatic rings. The molecule has 0 unspecified atom stereocenters. The monoisotopic (exact) mass is 236 g/mol. The molecule has 0 heterocycles. The Labute approximate surface area is 98.0 Å². The number of likely N-dealkylation sites (N-methyl/N-ethyl adjacent to an activating group) is 1. The minimum atomic E-state index is -0.503. The van der Waals surface area contributed by atoms with Crippen LogP contribution in [0.3, 0.4) is 0 Å². The van der Waals surface area contributed by atoms with E-state index >= 15 is 0 Å². The number of carbonyl (C=O) groups excluding carboxylic acids is 1. The number of hydrogen-bond donors (Lipinski definition) is 1. The summed E-state index contributed by atoms with van der Waals surface area (Å²) in [5.41, 5.74) is 0.424. The maximum atomic E-state index is 11.0. The van der Waals surface area contributed by atoms with Crippen molar-refractivity contribution in [2.45, 2.75) is 0 Å². The molecule has 0 radical (unpaired) electrons. The number of nitro groups is 1. The fourth-order valence-corrected chi connectivity index (χ4v) is 1.21. The third-order valence-corrected chi connectivity index (χ3v) is 2.08. The molecule has 0 aliphatic rings. The number of amides is 1. The molecule has 0 atom stereocenters. The molecule has 0 aromatic heterocycles. The van der Waals surface area contributed by atoms with Gasteiger partial charge >= 0.3 is 0 Å². The number of non-ortho nitro benzene ring substituents is 1. The van der Waals surface area contributed by atoms with Gasteiger partial charge in [0.15, 0.2) is 0 Å². The van der Waals surface area contributed by atoms with E-state index in [1.165, 1.54) is 44.5 Å². The Morgan fingerprint density at radius 2 is 2.24 bits per heavy atom. The molecule has 0 aliphatic carbocycles. The smallest absolute Gasteiger partial charge is 0.270 e. The number of rotatable bonds is 4. The van der Waals surface area contributed by atoms with Gasteiger partial charge in [-0.1, -0.05) is 0 Å². The van der Waals surface area contributed by atoms with Crippen LogP contribution >= 0.6 is 0 Å². The van der Waals surface area contributed by atoms with Gasteiger partial charge in [-0.15, -0.1) is 0 Å². The second-order valence-corrected chi connectivity index (χ2v) is 3.13. The van der Waals surface area contributed by atoms with Crippen LogP contribution in [-0.4, -0.2) is 25.0 Å². The number of nitro benzene ring substituents is 1. The molecular formula is C11H12N2O4. The van der Waals surface area contributed by atoms with E-state index < -0.39 is 4.92 Å². The number of nitrogens with one attached hydrogen (secondary N) is 1. The van der Waals surface area contributed by atoms with Crippen molar-refractivity contribution in [2.75, 3.05) is 14.2 Å². The van der Waals surface area contributed by atoms with Crippen LogP contribution in [0.5, 0.6) is 5.75 Å². The molecule has 6 heteroatoms. The Hall–Kier alpha value is -2.37. The van der Waals surface area contributed by atoms with Crippen LogP contribution in [0.1, 0.15) is 5.56 Å². The van der Waals surface area contributed by atoms with Crippen molar-refractivity contribution in [1.29, 1.82) is 0 Å². The van der Waals surface area contributed by atoms with E-state index in [0.29, 0.717) is 11.3 Å². The van der Waals surface area contributed by atoms with Crippen LogP contribution in [0, 0.1) is 10.1 Å². The number of methoxy groups -OCH3 is 1. The lowest BCUT2D eigenvalue weighted by Crippen LogP contribution is -2.13. The van der Waals surface area contributed by atoms with Gasteiger partial charge in [-0.05, 0) is 12.1 Å². The van der Waals surface area contributed by atoms with Gasteiger partial charge in [0.05, 0.1) is 12.0 Å². The molecule has 1 rings (SSSR count). The average Bonchev–Trinajstić information content (AvgIpc) is 2.35. The number of nitrogens with zero attached hydrogens (tertiary/aromatic N) is 1. The van der Waals surface area contributed by atoms with Gasteiger partial charge in [0.25, 0.3) is 5.69 Å². The second kappa shape index (κ2) is 5.64. The van der Waals surface area contributed by atoms with Gasteiger partial charge in [-0.3, -0.25) is 14.9 Å². The van der Waals surface area contributed by atoms with E-state index in [1.54, 1.807) is 0 Å². The molecule has 6 nitrogen and oxygen atoms in total. The molecule has 0 saturated carbocycles. The van der Waals surface area contributed by atoms with Gasteiger partial charge in [0, 0.05) is 30.8 Å². The van der Waals surface area contributed by atoms with Gasteiger partial charge in [-0.2, -0.15) is 0 Å². The zero-order valence-corrected chi connectivity index (χ0v) is 9.47. The van der Waals surface area contributed by atoms with Gasteiger partial charge in [-0.25, -0.2) is 0 Å². The van der Waals surface area contributed by atoms with E-state index in [2.05, 4.69) is 5.32 Å². The predicted molar refractivity (Wildman–Crippen MR) is 62.7 cm³/mol. The van der Waals surface area contributed by atoms with Crippen LogP contribution in [0.25, 0.3) is 6.08 Å². The minimum Gasteiger partial charge on any atom is -0.496 e. The van der Waals surface area contributed by atoms with Gasteiger partial charge in [0.1, 0.15) is 5.75 Å². The minimum absolute atomic E-state index is 0.0534. The van der Waals surface area contributed by atoms with Crippen molar-refractivity contribution in [3.8, 4) is 5.75 Å². The first-order valence-electron chi connectivity index (χ1n) is 4.80. The number of ether oxygens (including phenoxy) is 1. The quantitative estimate of drug-likeness (QED) is 0.486. The molecule has 90 valence electrons. The molecule has 0 fully saturated rings. The summed E-state index contributed by atoms with van der Waals surface area (Å²) >= 11 is 0. The molecule has 17 heavy (non-hydrogen) atoms. The molecule has 0 bridgehead atoms. The van der Waals surface area contributed by atoms with Crippen LogP contribution in [0.2, 0.25) is 0 Å². The Morgan fingerprint density at radius 1 is 1.53 bits per heavy atom. The Balaban J connectivity index is 3.10. The van der Waals surface area contributed by atoms with Crippen LogP contribution < -0.4 is 10.1 Å². The average molecular weight is 236 g/mol. The Morgan fingerprint density at radius 3 is 2.76 bits per heavy atom. The van der Waals surface area contributed by atoms with Crippen molar-refractivity contribution >= 4 is 17.7 Å². The summed E-state index contributed by atoms with van der Waals surface area (Å²) in [4.78, 5) is 21.1. The standard InChI is InChI=1S/C11H12N2O4/c1-12-11(14)6-3-8-7-9(13(15)16)4-5-10(8)17-2/h3-7H,1-2H3,(H,12,14). The van der Waals surface area contributed by atoms with Crippen LogP contribution in [0.4, 0.5) is 5.69 Å². The summed E-state index contributed by atoms with van der Waals surface area (Å²) < 4.78 is 5.04. The first kappa shape index (κ1) is 12.7. The number of benzene rings is 1. The molecule has 1 N–H and O–H groups in total. The van der Waals surface area contributed by atoms with Gasteiger partial charge < -0.3 is 10.1 Å². The summed E-state index contributed by atoms with van der Waals surface area (Å²) in [6.45, 7) is 0. The molecule has 1 aromatic carbocycles. The fraction of sp³-hybridized carbons (Fsp3) is 0.182. The summed E-state index contributed by atoms with van der Waals surface area (Å²) in [6.07, 6.45) is 2.74. The lowest BCUT2D eigenvalue weighted by Gasteiger charge is -2.03. The first-order valence-corrected chi connectivity index (χ1v) is 4.80. The third kappa shape index (κ3) is 3.30. The van der Waals surface area contributed by atoms with Gasteiger partial charge in [0.2, 0.25) is 5.91 Å². The zero-order chi connectivity index (χ0) is 12.8. The van der Waals surface area contributed by atoms with Crippen LogP contribution in [-0.2, 0) is 4.79 Å². The maximum absolute atomic E-state index is 11.0. The molecule has 0 aliphatic heterocycles. The predicted octanol–water partition coefficient (Wildman–Crippen LogP) is 1.36. The summed E-state index contributed by atoms with van der Waals surface area (Å²) in [7, 11) is 2.95. The van der Waals surface area contributed by atoms with E-state index in [-0.39, 0.29) is 11.6 Å². The van der Waals surface area contributed by atoms with Crippen molar-refractivity contribution < 1.29 is 14.5 Å². The summed E-state index contributed by atoms with van der Waals surface area (Å²) in [5.74, 6) is 0.175. The fourth-order valence-electron chi connectivity index (χ4n) is 1.21. The normalized spacial score (nSPS) is 10.2. The van der Waals surface area contributed by atoms with Crippen molar-refractivity contribution in [1.82, 2.24) is 5.32 Å². The van der Waals surface area contributed by atoms with Crippen LogP contribution in [0.15, 0.2) is 24.3 Å². The lowest BCUT2D eigenvalue weighted by atomic mass is 10.1. The SMILES string of the molecule is CNC(=O)C=Cc1cc([N+](=O)[O-])ccc1OC. The molecule has 0 saturated heterocycles. The van der Waals surface area contributed by atoms with Crippen molar-refractivity contribution in [2.24, 2.45) is 0 Å². The highest BCUT2D eigenvalue weighted by atomic mass is 16.6. The van der Waals surface area contributed by atoms with E-state index in [9.17, 15) is 14.9 Å². The summed E-state index contributed by atoms with van der Waals surface area (Å²) in [6, 6.07) is 4.18. The highest BCUT2D eigenvalue weighted by molar-refractivity contribution is 5.92. The molecule has 1 amide bonds. The largest absolute Gasteiger partial charge is 0.496 e. The van der Waals surface area contributed by atoms with Crippen molar-refractivity contribution in [3.05, 3.63) is 40.0 Å². The first-order chi connectivity index (χ1) is 8.08. The Kier molecular flexibility index (Phi) is 4.21.